The molecule has 0 saturated carbocycles. The average Bonchev–Trinajstić information content (AvgIpc) is 2.42. The summed E-state index contributed by atoms with van der Waals surface area (Å²) in [5, 5.41) is 2.72. The van der Waals surface area contributed by atoms with Crippen LogP contribution in [0.4, 0.5) is 0 Å². The summed E-state index contributed by atoms with van der Waals surface area (Å²) in [4.78, 5) is 22.1. The number of ketones is 1. The van der Waals surface area contributed by atoms with E-state index >= 15 is 0 Å². The van der Waals surface area contributed by atoms with Crippen LogP contribution >= 0.6 is 11.8 Å². The van der Waals surface area contributed by atoms with Crippen LogP contribution in [-0.4, -0.2) is 49.0 Å². The van der Waals surface area contributed by atoms with Crippen molar-refractivity contribution in [3.05, 3.63) is 0 Å². The van der Waals surface area contributed by atoms with E-state index in [2.05, 4.69) is 5.32 Å². The Balaban J connectivity index is 0. The summed E-state index contributed by atoms with van der Waals surface area (Å²) in [5.41, 5.74) is 5.68. The van der Waals surface area contributed by atoms with Gasteiger partial charge in [0.15, 0.2) is 0 Å². The summed E-state index contributed by atoms with van der Waals surface area (Å²) in [6.07, 6.45) is 0. The minimum atomic E-state index is -0.462. The molecular weight excluding hydrogens is 276 g/mol. The van der Waals surface area contributed by atoms with Crippen molar-refractivity contribution in [3.63, 3.8) is 0 Å². The first-order valence-corrected chi connectivity index (χ1v) is 8.28. The zero-order chi connectivity index (χ0) is 16.0. The second-order valence-corrected chi connectivity index (χ2v) is 5.53. The van der Waals surface area contributed by atoms with Gasteiger partial charge >= 0.3 is 0 Å². The molecule has 0 heterocycles. The summed E-state index contributed by atoms with van der Waals surface area (Å²) in [7, 11) is 0. The number of hydrogen-bond acceptors (Lipinski definition) is 5. The molecule has 5 nitrogen and oxygen atoms in total. The molecule has 20 heavy (non-hydrogen) atoms. The molecule has 120 valence electrons. The van der Waals surface area contributed by atoms with E-state index in [9.17, 15) is 9.59 Å². The van der Waals surface area contributed by atoms with E-state index in [1.807, 2.05) is 27.7 Å². The largest absolute Gasteiger partial charge is 0.379 e. The molecule has 6 heteroatoms. The van der Waals surface area contributed by atoms with Crippen molar-refractivity contribution in [1.29, 1.82) is 0 Å². The van der Waals surface area contributed by atoms with Gasteiger partial charge < -0.3 is 15.8 Å². The summed E-state index contributed by atoms with van der Waals surface area (Å²) in [5.74, 6) is 1.49. The van der Waals surface area contributed by atoms with E-state index < -0.39 is 6.04 Å². The van der Waals surface area contributed by atoms with Crippen molar-refractivity contribution in [2.24, 2.45) is 11.7 Å². The fraction of sp³-hybridized carbons (Fsp3) is 0.857. The zero-order valence-electron chi connectivity index (χ0n) is 13.4. The van der Waals surface area contributed by atoms with Gasteiger partial charge in [0.2, 0.25) is 5.91 Å². The van der Waals surface area contributed by atoms with Crippen molar-refractivity contribution in [3.8, 4) is 0 Å². The number of ether oxygens (including phenoxy) is 1. The minimum absolute atomic E-state index is 0.133. The fourth-order valence-corrected chi connectivity index (χ4v) is 1.77. The number of thioether (sulfide) groups is 1. The van der Waals surface area contributed by atoms with Crippen LogP contribution in [0.25, 0.3) is 0 Å². The molecule has 3 N–H and O–H groups in total. The van der Waals surface area contributed by atoms with Gasteiger partial charge in [-0.3, -0.25) is 9.59 Å². The van der Waals surface area contributed by atoms with Gasteiger partial charge in [-0.1, -0.05) is 27.7 Å². The molecule has 1 atom stereocenters. The van der Waals surface area contributed by atoms with Gasteiger partial charge in [-0.15, -0.1) is 0 Å². The quantitative estimate of drug-likeness (QED) is 0.597. The SMILES string of the molecule is CC.CC(=O)CSCCOCCNC(=O)C(N)C(C)C. The Morgan fingerprint density at radius 3 is 2.35 bits per heavy atom. The number of carbonyl (C=O) groups is 2. The number of amides is 1. The number of rotatable bonds is 10. The fourth-order valence-electron chi connectivity index (χ4n) is 1.10. The summed E-state index contributed by atoms with van der Waals surface area (Å²) < 4.78 is 5.32. The molecule has 0 aromatic heterocycles. The highest BCUT2D eigenvalue weighted by molar-refractivity contribution is 7.99. The second-order valence-electron chi connectivity index (χ2n) is 4.43. The predicted octanol–water partition coefficient (Wildman–Crippen LogP) is 1.45. The highest BCUT2D eigenvalue weighted by Crippen LogP contribution is 1.99. The lowest BCUT2D eigenvalue weighted by Gasteiger charge is -2.15. The number of nitrogens with one attached hydrogen (secondary N) is 1. The summed E-state index contributed by atoms with van der Waals surface area (Å²) >= 11 is 1.55. The molecule has 0 saturated heterocycles. The molecule has 1 amide bonds. The molecule has 0 aromatic rings. The van der Waals surface area contributed by atoms with Crippen LogP contribution in [0.2, 0.25) is 0 Å². The van der Waals surface area contributed by atoms with Gasteiger partial charge in [0.05, 0.1) is 25.0 Å². The maximum Gasteiger partial charge on any atom is 0.237 e. The van der Waals surface area contributed by atoms with Crippen molar-refractivity contribution >= 4 is 23.5 Å². The van der Waals surface area contributed by atoms with Gasteiger partial charge in [-0.25, -0.2) is 0 Å². The van der Waals surface area contributed by atoms with Crippen LogP contribution in [0.3, 0.4) is 0 Å². The van der Waals surface area contributed by atoms with Crippen LogP contribution in [-0.2, 0) is 14.3 Å². The number of Topliss-reactive ketones (excluding diaryl/α,β-unsaturated/α-hetero) is 1. The van der Waals surface area contributed by atoms with Crippen molar-refractivity contribution in [2.75, 3.05) is 31.3 Å². The number of hydrogen-bond donors (Lipinski definition) is 2. The maximum absolute atomic E-state index is 11.5. The Bertz CT molecular complexity index is 261. The van der Waals surface area contributed by atoms with Crippen molar-refractivity contribution in [1.82, 2.24) is 5.32 Å². The van der Waals surface area contributed by atoms with E-state index in [1.165, 1.54) is 0 Å². The lowest BCUT2D eigenvalue weighted by Crippen LogP contribution is -2.44. The molecule has 0 fully saturated rings. The van der Waals surface area contributed by atoms with Crippen LogP contribution in [0.5, 0.6) is 0 Å². The van der Waals surface area contributed by atoms with Crippen LogP contribution < -0.4 is 11.1 Å². The first-order valence-electron chi connectivity index (χ1n) is 7.13. The lowest BCUT2D eigenvalue weighted by molar-refractivity contribution is -0.123. The zero-order valence-corrected chi connectivity index (χ0v) is 14.2. The van der Waals surface area contributed by atoms with Crippen LogP contribution in [0.15, 0.2) is 0 Å². The Morgan fingerprint density at radius 1 is 1.25 bits per heavy atom. The van der Waals surface area contributed by atoms with Crippen molar-refractivity contribution < 1.29 is 14.3 Å². The molecule has 1 unspecified atom stereocenters. The Labute approximate surface area is 127 Å². The normalized spacial score (nSPS) is 11.6. The molecule has 0 aliphatic rings. The van der Waals surface area contributed by atoms with Gasteiger partial charge in [-0.05, 0) is 12.8 Å². The minimum Gasteiger partial charge on any atom is -0.379 e. The molecule has 0 aliphatic heterocycles. The van der Waals surface area contributed by atoms with Crippen LogP contribution in [0, 0.1) is 5.92 Å². The Hall–Kier alpha value is -0.590. The summed E-state index contributed by atoms with van der Waals surface area (Å²) in [6, 6.07) is -0.462. The number of nitrogens with two attached hydrogens (primary N) is 1. The molecule has 0 radical (unpaired) electrons. The molecule has 0 bridgehead atoms. The highest BCUT2D eigenvalue weighted by Gasteiger charge is 2.15. The third-order valence-electron chi connectivity index (χ3n) is 2.24. The standard InChI is InChI=1S/C12H24N2O3S.C2H6/c1-9(2)11(13)12(16)14-4-5-17-6-7-18-8-10(3)15;1-2/h9,11H,4-8,13H2,1-3H3,(H,14,16);1-2H3. The molecule has 0 aromatic carbocycles. The monoisotopic (exact) mass is 306 g/mol. The molecule has 0 spiro atoms. The van der Waals surface area contributed by atoms with E-state index in [-0.39, 0.29) is 17.6 Å². The second kappa shape index (κ2) is 14.8. The first kappa shape index (κ1) is 21.7. The number of carbonyl (C=O) groups excluding carboxylic acids is 2. The van der Waals surface area contributed by atoms with E-state index in [0.717, 1.165) is 5.75 Å². The van der Waals surface area contributed by atoms with Gasteiger partial charge in [0, 0.05) is 12.3 Å². The van der Waals surface area contributed by atoms with Crippen molar-refractivity contribution in [2.45, 2.75) is 40.7 Å². The van der Waals surface area contributed by atoms with Gasteiger partial charge in [-0.2, -0.15) is 11.8 Å². The lowest BCUT2D eigenvalue weighted by atomic mass is 10.1. The first-order chi connectivity index (χ1) is 9.45. The topological polar surface area (TPSA) is 81.4 Å². The third-order valence-corrected chi connectivity index (χ3v) is 3.31. The smallest absolute Gasteiger partial charge is 0.237 e. The molecule has 0 aliphatic carbocycles. The van der Waals surface area contributed by atoms with E-state index in [0.29, 0.717) is 25.5 Å². The Morgan fingerprint density at radius 2 is 1.85 bits per heavy atom. The van der Waals surface area contributed by atoms with E-state index in [4.69, 9.17) is 10.5 Å². The van der Waals surface area contributed by atoms with Crippen LogP contribution in [0.1, 0.15) is 34.6 Å². The third kappa shape index (κ3) is 13.8. The van der Waals surface area contributed by atoms with Gasteiger partial charge in [0.25, 0.3) is 0 Å². The average molecular weight is 306 g/mol. The van der Waals surface area contributed by atoms with Gasteiger partial charge in [0.1, 0.15) is 5.78 Å². The maximum atomic E-state index is 11.5. The molecule has 0 rings (SSSR count). The molecular formula is C14H30N2O3S. The van der Waals surface area contributed by atoms with E-state index in [1.54, 1.807) is 18.7 Å². The highest BCUT2D eigenvalue weighted by atomic mass is 32.2. The predicted molar refractivity (Wildman–Crippen MR) is 86.0 cm³/mol. The Kier molecular flexibility index (Phi) is 16.1. The summed E-state index contributed by atoms with van der Waals surface area (Å²) in [6.45, 7) is 10.9.